The number of hydrogen-bond donors (Lipinski definition) is 1. The molecule has 0 spiro atoms. The lowest BCUT2D eigenvalue weighted by molar-refractivity contribution is -0.119. The molecule has 1 aliphatic rings. The van der Waals surface area contributed by atoms with Gasteiger partial charge in [0.15, 0.2) is 0 Å². The van der Waals surface area contributed by atoms with Crippen molar-refractivity contribution in [2.45, 2.75) is 46.3 Å². The van der Waals surface area contributed by atoms with E-state index in [0.717, 1.165) is 26.0 Å². The van der Waals surface area contributed by atoms with Gasteiger partial charge in [-0.15, -0.1) is 6.58 Å². The quantitative estimate of drug-likeness (QED) is 0.578. The first-order valence-electron chi connectivity index (χ1n) is 6.35. The Bertz CT molecular complexity index is 212. The summed E-state index contributed by atoms with van der Waals surface area (Å²) >= 11 is 0. The molecule has 0 aromatic carbocycles. The first-order valence-corrected chi connectivity index (χ1v) is 6.35. The van der Waals surface area contributed by atoms with Gasteiger partial charge in [-0.25, -0.2) is 0 Å². The van der Waals surface area contributed by atoms with Crippen molar-refractivity contribution in [3.63, 3.8) is 0 Å². The summed E-state index contributed by atoms with van der Waals surface area (Å²) in [5.41, 5.74) is 0.0417. The number of ether oxygens (including phenoxy) is 1. The Hall–Kier alpha value is -0.870. The molecule has 1 aliphatic heterocycles. The summed E-state index contributed by atoms with van der Waals surface area (Å²) in [7, 11) is 1.71. The third-order valence-corrected chi connectivity index (χ3v) is 2.16. The molecule has 1 rings (SSSR count). The normalized spacial score (nSPS) is 18.8. The number of carbonyl (C=O) groups excluding carboxylic acids is 1. The summed E-state index contributed by atoms with van der Waals surface area (Å²) in [6, 6.07) is 0.462. The molecule has 4 nitrogen and oxygen atoms in total. The molecule has 1 N–H and O–H groups in total. The number of nitrogens with one attached hydrogen (secondary N) is 1. The molecule has 18 heavy (non-hydrogen) atoms. The van der Waals surface area contributed by atoms with E-state index in [2.05, 4.69) is 18.8 Å². The maximum Gasteiger partial charge on any atom is 0.209 e. The summed E-state index contributed by atoms with van der Waals surface area (Å²) < 4.78 is 4.94. The van der Waals surface area contributed by atoms with Crippen LogP contribution in [0.2, 0.25) is 0 Å². The summed E-state index contributed by atoms with van der Waals surface area (Å²) in [4.78, 5) is 12.0. The molecule has 0 aliphatic carbocycles. The van der Waals surface area contributed by atoms with Gasteiger partial charge in [-0.05, 0) is 34.6 Å². The molecule has 1 atom stereocenters. The Morgan fingerprint density at radius 3 is 2.11 bits per heavy atom. The molecule has 4 heteroatoms. The van der Waals surface area contributed by atoms with E-state index in [0.29, 0.717) is 6.04 Å². The van der Waals surface area contributed by atoms with Crippen molar-refractivity contribution < 1.29 is 9.53 Å². The second-order valence-electron chi connectivity index (χ2n) is 5.18. The fourth-order valence-corrected chi connectivity index (χ4v) is 1.06. The number of carbonyl (C=O) groups is 1. The van der Waals surface area contributed by atoms with Crippen LogP contribution in [-0.2, 0) is 9.53 Å². The molecular formula is C14H30N2O2. The van der Waals surface area contributed by atoms with E-state index >= 15 is 0 Å². The van der Waals surface area contributed by atoms with E-state index in [1.165, 1.54) is 0 Å². The second-order valence-corrected chi connectivity index (χ2v) is 5.18. The van der Waals surface area contributed by atoms with Gasteiger partial charge in [0.25, 0.3) is 0 Å². The van der Waals surface area contributed by atoms with Crippen LogP contribution in [-0.4, -0.2) is 49.7 Å². The average molecular weight is 258 g/mol. The average Bonchev–Trinajstić information content (AvgIpc) is 2.30. The highest BCUT2D eigenvalue weighted by molar-refractivity contribution is 5.47. The van der Waals surface area contributed by atoms with Crippen LogP contribution in [0.3, 0.4) is 0 Å². The third kappa shape index (κ3) is 15.1. The zero-order valence-electron chi connectivity index (χ0n) is 12.8. The molecule has 0 aromatic rings. The monoisotopic (exact) mass is 258 g/mol. The third-order valence-electron chi connectivity index (χ3n) is 2.16. The molecule has 0 saturated carbocycles. The predicted octanol–water partition coefficient (Wildman–Crippen LogP) is 2.06. The SMILES string of the molecule is C=CC.CC1CN(C=O)CCN1.COC(C)(C)C. The number of nitrogens with zero attached hydrogens (tertiary/aromatic N) is 1. The lowest BCUT2D eigenvalue weighted by Crippen LogP contribution is -2.48. The van der Waals surface area contributed by atoms with Gasteiger partial charge in [0, 0.05) is 32.8 Å². The van der Waals surface area contributed by atoms with Crippen LogP contribution in [0.1, 0.15) is 34.6 Å². The van der Waals surface area contributed by atoms with Crippen LogP contribution in [0, 0.1) is 0 Å². The van der Waals surface area contributed by atoms with Gasteiger partial charge in [-0.2, -0.15) is 0 Å². The second kappa shape index (κ2) is 11.2. The molecule has 1 heterocycles. The Kier molecular flexibility index (Phi) is 12.2. The van der Waals surface area contributed by atoms with Crippen LogP contribution < -0.4 is 5.32 Å². The number of piperazine rings is 1. The van der Waals surface area contributed by atoms with Crippen molar-refractivity contribution in [1.29, 1.82) is 0 Å². The molecule has 1 unspecified atom stereocenters. The maximum atomic E-state index is 10.2. The molecule has 1 fully saturated rings. The Labute approximate surface area is 112 Å². The van der Waals surface area contributed by atoms with Gasteiger partial charge < -0.3 is 15.0 Å². The summed E-state index contributed by atoms with van der Waals surface area (Å²) in [5, 5.41) is 3.25. The molecule has 108 valence electrons. The van der Waals surface area contributed by atoms with E-state index in [4.69, 9.17) is 4.74 Å². The van der Waals surface area contributed by atoms with E-state index < -0.39 is 0 Å². The molecule has 1 amide bonds. The van der Waals surface area contributed by atoms with Crippen molar-refractivity contribution in [1.82, 2.24) is 10.2 Å². The number of rotatable bonds is 1. The van der Waals surface area contributed by atoms with Crippen molar-refractivity contribution >= 4 is 6.41 Å². The highest BCUT2D eigenvalue weighted by Crippen LogP contribution is 2.02. The Balaban J connectivity index is 0. The van der Waals surface area contributed by atoms with Gasteiger partial charge in [-0.1, -0.05) is 6.08 Å². The molecule has 0 aromatic heterocycles. The lowest BCUT2D eigenvalue weighted by atomic mass is 10.2. The molecule has 1 saturated heterocycles. The fraction of sp³-hybridized carbons (Fsp3) is 0.786. The smallest absolute Gasteiger partial charge is 0.209 e. The van der Waals surface area contributed by atoms with Crippen molar-refractivity contribution in [3.05, 3.63) is 12.7 Å². The summed E-state index contributed by atoms with van der Waals surface area (Å²) in [5.74, 6) is 0. The molecular weight excluding hydrogens is 228 g/mol. The summed E-state index contributed by atoms with van der Waals surface area (Å²) in [6.45, 7) is 16.0. The number of allylic oxidation sites excluding steroid dienone is 1. The lowest BCUT2D eigenvalue weighted by Gasteiger charge is -2.28. The summed E-state index contributed by atoms with van der Waals surface area (Å²) in [6.07, 6.45) is 2.66. The minimum Gasteiger partial charge on any atom is -0.379 e. The van der Waals surface area contributed by atoms with Crippen LogP contribution in [0.4, 0.5) is 0 Å². The highest BCUT2D eigenvalue weighted by Gasteiger charge is 2.12. The zero-order chi connectivity index (χ0) is 14.6. The zero-order valence-corrected chi connectivity index (χ0v) is 12.8. The van der Waals surface area contributed by atoms with Crippen molar-refractivity contribution in [3.8, 4) is 0 Å². The van der Waals surface area contributed by atoms with E-state index in [9.17, 15) is 4.79 Å². The van der Waals surface area contributed by atoms with Gasteiger partial charge in [0.1, 0.15) is 0 Å². The van der Waals surface area contributed by atoms with Crippen LogP contribution in [0.25, 0.3) is 0 Å². The number of methoxy groups -OCH3 is 1. The Morgan fingerprint density at radius 1 is 1.44 bits per heavy atom. The molecule has 0 bridgehead atoms. The van der Waals surface area contributed by atoms with Gasteiger partial charge in [-0.3, -0.25) is 4.79 Å². The van der Waals surface area contributed by atoms with E-state index in [1.54, 1.807) is 18.1 Å². The van der Waals surface area contributed by atoms with E-state index in [1.807, 2.05) is 27.7 Å². The van der Waals surface area contributed by atoms with Crippen molar-refractivity contribution in [2.75, 3.05) is 26.7 Å². The first kappa shape index (κ1) is 19.5. The fourth-order valence-electron chi connectivity index (χ4n) is 1.06. The topological polar surface area (TPSA) is 41.6 Å². The standard InChI is InChI=1S/C6H12N2O.C5H12O.C3H6/c1-6-4-8(5-9)3-2-7-6;1-5(2,3)6-4;1-3-2/h5-7H,2-4H2,1H3;1-4H3;3H,1H2,2H3. The Morgan fingerprint density at radius 2 is 1.89 bits per heavy atom. The number of hydrogen-bond acceptors (Lipinski definition) is 3. The van der Waals surface area contributed by atoms with Crippen LogP contribution in [0.15, 0.2) is 12.7 Å². The minimum absolute atomic E-state index is 0.0417. The maximum absolute atomic E-state index is 10.2. The largest absolute Gasteiger partial charge is 0.379 e. The van der Waals surface area contributed by atoms with Crippen LogP contribution in [0.5, 0.6) is 0 Å². The molecule has 0 radical (unpaired) electrons. The highest BCUT2D eigenvalue weighted by atomic mass is 16.5. The first-order chi connectivity index (χ1) is 8.30. The van der Waals surface area contributed by atoms with Gasteiger partial charge >= 0.3 is 0 Å². The van der Waals surface area contributed by atoms with E-state index in [-0.39, 0.29) is 5.60 Å². The van der Waals surface area contributed by atoms with Crippen LogP contribution >= 0.6 is 0 Å². The minimum atomic E-state index is 0.0417. The predicted molar refractivity (Wildman–Crippen MR) is 77.7 cm³/mol. The van der Waals surface area contributed by atoms with Gasteiger partial charge in [0.05, 0.1) is 5.60 Å². The number of amides is 1. The van der Waals surface area contributed by atoms with Crippen molar-refractivity contribution in [2.24, 2.45) is 0 Å². The van der Waals surface area contributed by atoms with Gasteiger partial charge in [0.2, 0.25) is 6.41 Å².